The molecule has 21 heavy (non-hydrogen) atoms. The summed E-state index contributed by atoms with van der Waals surface area (Å²) in [6.07, 6.45) is 2.68. The Labute approximate surface area is 133 Å². The van der Waals surface area contributed by atoms with Gasteiger partial charge in [-0.05, 0) is 44.0 Å². The van der Waals surface area contributed by atoms with Crippen LogP contribution in [0.4, 0.5) is 0 Å². The molecule has 2 rings (SSSR count). The topological polar surface area (TPSA) is 70.2 Å². The summed E-state index contributed by atoms with van der Waals surface area (Å²) in [7, 11) is 0. The van der Waals surface area contributed by atoms with Gasteiger partial charge in [0.25, 0.3) is 5.91 Å². The van der Waals surface area contributed by atoms with Crippen LogP contribution in [0.3, 0.4) is 0 Å². The zero-order valence-electron chi connectivity index (χ0n) is 11.8. The van der Waals surface area contributed by atoms with Crippen LogP contribution in [0, 0.1) is 0 Å². The highest BCUT2D eigenvalue weighted by Gasteiger charge is 2.21. The summed E-state index contributed by atoms with van der Waals surface area (Å²) < 4.78 is 0.881. The van der Waals surface area contributed by atoms with Gasteiger partial charge in [0.15, 0.2) is 0 Å². The summed E-state index contributed by atoms with van der Waals surface area (Å²) in [6.45, 7) is 2.04. The second kappa shape index (κ2) is 8.14. The maximum atomic E-state index is 11.9. The van der Waals surface area contributed by atoms with Gasteiger partial charge in [-0.2, -0.15) is 0 Å². The Morgan fingerprint density at radius 2 is 2.10 bits per heavy atom. The van der Waals surface area contributed by atoms with E-state index < -0.39 is 0 Å². The highest BCUT2D eigenvalue weighted by Crippen LogP contribution is 2.11. The van der Waals surface area contributed by atoms with Crippen molar-refractivity contribution in [2.75, 3.05) is 19.6 Å². The quantitative estimate of drug-likeness (QED) is 0.677. The van der Waals surface area contributed by atoms with Gasteiger partial charge in [-0.15, -0.1) is 0 Å². The molecule has 0 radical (unpaired) electrons. The molecule has 114 valence electrons. The number of rotatable bonds is 6. The van der Waals surface area contributed by atoms with Crippen molar-refractivity contribution in [1.29, 1.82) is 0 Å². The maximum absolute atomic E-state index is 11.9. The monoisotopic (exact) mass is 353 g/mol. The van der Waals surface area contributed by atoms with Crippen LogP contribution in [-0.4, -0.2) is 37.5 Å². The molecule has 0 aliphatic carbocycles. The SMILES string of the molecule is O=C(NCCCNC(=O)C1CCCN1)c1cccc(Br)c1. The fourth-order valence-electron chi connectivity index (χ4n) is 2.27. The van der Waals surface area contributed by atoms with Crippen LogP contribution >= 0.6 is 15.9 Å². The molecule has 1 aromatic carbocycles. The minimum atomic E-state index is -0.0971. The normalized spacial score (nSPS) is 17.5. The van der Waals surface area contributed by atoms with Gasteiger partial charge in [-0.1, -0.05) is 22.0 Å². The number of benzene rings is 1. The number of hydrogen-bond donors (Lipinski definition) is 3. The number of hydrogen-bond acceptors (Lipinski definition) is 3. The van der Waals surface area contributed by atoms with E-state index in [1.54, 1.807) is 12.1 Å². The number of amides is 2. The lowest BCUT2D eigenvalue weighted by atomic mass is 10.2. The first-order valence-electron chi connectivity index (χ1n) is 7.21. The van der Waals surface area contributed by atoms with Crippen molar-refractivity contribution in [1.82, 2.24) is 16.0 Å². The van der Waals surface area contributed by atoms with Crippen molar-refractivity contribution >= 4 is 27.7 Å². The van der Waals surface area contributed by atoms with Gasteiger partial charge in [0.2, 0.25) is 5.91 Å². The molecular formula is C15H20BrN3O2. The Kier molecular flexibility index (Phi) is 6.20. The van der Waals surface area contributed by atoms with E-state index in [0.29, 0.717) is 18.7 Å². The van der Waals surface area contributed by atoms with E-state index in [1.807, 2.05) is 12.1 Å². The highest BCUT2D eigenvalue weighted by molar-refractivity contribution is 9.10. The van der Waals surface area contributed by atoms with Gasteiger partial charge in [-0.25, -0.2) is 0 Å². The van der Waals surface area contributed by atoms with Crippen LogP contribution < -0.4 is 16.0 Å². The first kappa shape index (κ1) is 16.0. The molecule has 1 atom stereocenters. The van der Waals surface area contributed by atoms with Crippen molar-refractivity contribution in [3.05, 3.63) is 34.3 Å². The lowest BCUT2D eigenvalue weighted by molar-refractivity contribution is -0.122. The number of halogens is 1. The number of carbonyl (C=O) groups is 2. The van der Waals surface area contributed by atoms with E-state index in [0.717, 1.165) is 30.3 Å². The predicted octanol–water partition coefficient (Wildman–Crippen LogP) is 1.44. The van der Waals surface area contributed by atoms with Crippen molar-refractivity contribution in [2.45, 2.75) is 25.3 Å². The smallest absolute Gasteiger partial charge is 0.251 e. The third-order valence-corrected chi connectivity index (χ3v) is 3.90. The van der Waals surface area contributed by atoms with E-state index in [4.69, 9.17) is 0 Å². The minimum absolute atomic E-state index is 0.0405. The zero-order valence-corrected chi connectivity index (χ0v) is 13.4. The first-order chi connectivity index (χ1) is 10.2. The molecule has 1 aliphatic rings. The van der Waals surface area contributed by atoms with Gasteiger partial charge in [-0.3, -0.25) is 9.59 Å². The average molecular weight is 354 g/mol. The van der Waals surface area contributed by atoms with Crippen LogP contribution in [0.5, 0.6) is 0 Å². The lowest BCUT2D eigenvalue weighted by Gasteiger charge is -2.11. The Morgan fingerprint density at radius 1 is 1.29 bits per heavy atom. The van der Waals surface area contributed by atoms with E-state index in [-0.39, 0.29) is 17.9 Å². The Balaban J connectivity index is 1.61. The van der Waals surface area contributed by atoms with Crippen LogP contribution in [0.15, 0.2) is 28.7 Å². The molecule has 1 saturated heterocycles. The molecule has 0 bridgehead atoms. The zero-order chi connectivity index (χ0) is 15.1. The van der Waals surface area contributed by atoms with Gasteiger partial charge >= 0.3 is 0 Å². The fraction of sp³-hybridized carbons (Fsp3) is 0.467. The van der Waals surface area contributed by atoms with Gasteiger partial charge in [0.05, 0.1) is 6.04 Å². The van der Waals surface area contributed by atoms with Crippen molar-refractivity contribution in [3.8, 4) is 0 Å². The van der Waals surface area contributed by atoms with E-state index in [9.17, 15) is 9.59 Å². The average Bonchev–Trinajstić information content (AvgIpc) is 3.00. The molecule has 1 heterocycles. The summed E-state index contributed by atoms with van der Waals surface area (Å²) in [5.41, 5.74) is 0.628. The largest absolute Gasteiger partial charge is 0.355 e. The van der Waals surface area contributed by atoms with Crippen LogP contribution in [0.2, 0.25) is 0 Å². The fourth-order valence-corrected chi connectivity index (χ4v) is 2.66. The molecule has 5 nitrogen and oxygen atoms in total. The Bertz CT molecular complexity index is 501. The summed E-state index contributed by atoms with van der Waals surface area (Å²) in [5.74, 6) is -0.0362. The molecular weight excluding hydrogens is 334 g/mol. The predicted molar refractivity (Wildman–Crippen MR) is 85.1 cm³/mol. The van der Waals surface area contributed by atoms with Gasteiger partial charge < -0.3 is 16.0 Å². The highest BCUT2D eigenvalue weighted by atomic mass is 79.9. The molecule has 1 aliphatic heterocycles. The van der Waals surface area contributed by atoms with E-state index in [1.165, 1.54) is 0 Å². The molecule has 0 spiro atoms. The van der Waals surface area contributed by atoms with Crippen LogP contribution in [0.1, 0.15) is 29.6 Å². The van der Waals surface area contributed by atoms with E-state index >= 15 is 0 Å². The molecule has 0 aromatic heterocycles. The minimum Gasteiger partial charge on any atom is -0.355 e. The molecule has 6 heteroatoms. The van der Waals surface area contributed by atoms with Crippen LogP contribution in [0.25, 0.3) is 0 Å². The maximum Gasteiger partial charge on any atom is 0.251 e. The molecule has 1 fully saturated rings. The van der Waals surface area contributed by atoms with Crippen LogP contribution in [-0.2, 0) is 4.79 Å². The van der Waals surface area contributed by atoms with Crippen molar-refractivity contribution < 1.29 is 9.59 Å². The van der Waals surface area contributed by atoms with Gasteiger partial charge in [0, 0.05) is 23.1 Å². The summed E-state index contributed by atoms with van der Waals surface area (Å²) in [4.78, 5) is 23.6. The summed E-state index contributed by atoms with van der Waals surface area (Å²) in [6, 6.07) is 7.22. The second-order valence-corrected chi connectivity index (χ2v) is 5.98. The number of carbonyl (C=O) groups excluding carboxylic acids is 2. The van der Waals surface area contributed by atoms with Crippen molar-refractivity contribution in [3.63, 3.8) is 0 Å². The standard InChI is InChI=1S/C15H20BrN3O2/c16-12-5-1-4-11(10-12)14(20)18-8-3-9-19-15(21)13-6-2-7-17-13/h1,4-5,10,13,17H,2-3,6-9H2,(H,18,20)(H,19,21). The van der Waals surface area contributed by atoms with E-state index in [2.05, 4.69) is 31.9 Å². The molecule has 1 aromatic rings. The lowest BCUT2D eigenvalue weighted by Crippen LogP contribution is -2.41. The Hall–Kier alpha value is -1.40. The van der Waals surface area contributed by atoms with Gasteiger partial charge in [0.1, 0.15) is 0 Å². The second-order valence-electron chi connectivity index (χ2n) is 5.06. The molecule has 1 unspecified atom stereocenters. The molecule has 2 amide bonds. The summed E-state index contributed by atoms with van der Waals surface area (Å²) in [5, 5.41) is 8.89. The summed E-state index contributed by atoms with van der Waals surface area (Å²) >= 11 is 3.34. The number of nitrogens with one attached hydrogen (secondary N) is 3. The first-order valence-corrected chi connectivity index (χ1v) is 8.01. The Morgan fingerprint density at radius 3 is 2.81 bits per heavy atom. The third-order valence-electron chi connectivity index (χ3n) is 3.40. The molecule has 3 N–H and O–H groups in total. The third kappa shape index (κ3) is 5.13. The van der Waals surface area contributed by atoms with Crippen molar-refractivity contribution in [2.24, 2.45) is 0 Å². The molecule has 0 saturated carbocycles.